The molecule has 1 N–H and O–H groups in total. The fraction of sp³-hybridized carbons (Fsp3) is 0.333. The lowest BCUT2D eigenvalue weighted by molar-refractivity contribution is 0.309. The van der Waals surface area contributed by atoms with Crippen LogP contribution in [-0.2, 0) is 6.42 Å². The number of aryl methyl sites for hydroxylation is 1. The van der Waals surface area contributed by atoms with Crippen molar-refractivity contribution in [3.05, 3.63) is 34.3 Å². The highest BCUT2D eigenvalue weighted by Crippen LogP contribution is 2.14. The van der Waals surface area contributed by atoms with Crippen LogP contribution in [0.4, 0.5) is 5.82 Å². The number of aromatic nitrogens is 2. The molecule has 4 nitrogen and oxygen atoms in total. The summed E-state index contributed by atoms with van der Waals surface area (Å²) in [4.78, 5) is 9.76. The molecule has 0 aliphatic heterocycles. The Bertz CT molecular complexity index is 471. The van der Waals surface area contributed by atoms with Crippen LogP contribution >= 0.6 is 11.3 Å². The number of thiophene rings is 1. The molecule has 0 aliphatic carbocycles. The quantitative estimate of drug-likeness (QED) is 0.884. The molecule has 0 saturated heterocycles. The van der Waals surface area contributed by atoms with Gasteiger partial charge in [0, 0.05) is 24.4 Å². The Morgan fingerprint density at radius 3 is 3.00 bits per heavy atom. The van der Waals surface area contributed by atoms with Gasteiger partial charge in [-0.1, -0.05) is 6.07 Å². The minimum absolute atomic E-state index is 0.624. The minimum atomic E-state index is 0.624. The predicted octanol–water partition coefficient (Wildman–Crippen LogP) is 2.51. The third-order valence-corrected chi connectivity index (χ3v) is 3.19. The fourth-order valence-electron chi connectivity index (χ4n) is 1.45. The lowest BCUT2D eigenvalue weighted by atomic mass is 10.4. The van der Waals surface area contributed by atoms with Gasteiger partial charge in [-0.25, -0.2) is 4.98 Å². The Labute approximate surface area is 105 Å². The molecule has 2 aromatic heterocycles. The molecule has 5 heteroatoms. The van der Waals surface area contributed by atoms with E-state index in [0.29, 0.717) is 18.3 Å². The van der Waals surface area contributed by atoms with Gasteiger partial charge in [-0.2, -0.15) is 4.98 Å². The van der Waals surface area contributed by atoms with E-state index in [1.54, 1.807) is 17.4 Å². The number of rotatable bonds is 5. The number of ether oxygens (including phenoxy) is 1. The summed E-state index contributed by atoms with van der Waals surface area (Å²) in [5, 5.41) is 5.06. The second-order valence-electron chi connectivity index (χ2n) is 3.57. The van der Waals surface area contributed by atoms with Crippen molar-refractivity contribution in [1.29, 1.82) is 0 Å². The van der Waals surface area contributed by atoms with E-state index >= 15 is 0 Å². The average Bonchev–Trinajstić information content (AvgIpc) is 2.81. The van der Waals surface area contributed by atoms with E-state index < -0.39 is 0 Å². The molecule has 2 aromatic rings. The molecule has 17 heavy (non-hydrogen) atoms. The number of nitrogens with one attached hydrogen (secondary N) is 1. The van der Waals surface area contributed by atoms with Crippen LogP contribution in [0.3, 0.4) is 0 Å². The van der Waals surface area contributed by atoms with Crippen molar-refractivity contribution in [1.82, 2.24) is 9.97 Å². The van der Waals surface area contributed by atoms with Crippen LogP contribution in [0.1, 0.15) is 10.7 Å². The average molecular weight is 249 g/mol. The standard InChI is InChI=1S/C12H15N3OS/c1-9-14-11(13-2)8-12(15-9)16-6-5-10-4-3-7-17-10/h3-4,7-8H,5-6H2,1-2H3,(H,13,14,15). The van der Waals surface area contributed by atoms with Gasteiger partial charge in [0.25, 0.3) is 0 Å². The monoisotopic (exact) mass is 249 g/mol. The van der Waals surface area contributed by atoms with Crippen molar-refractivity contribution in [3.63, 3.8) is 0 Å². The molecule has 0 unspecified atom stereocenters. The number of hydrogen-bond donors (Lipinski definition) is 1. The summed E-state index contributed by atoms with van der Waals surface area (Å²) in [7, 11) is 1.83. The minimum Gasteiger partial charge on any atom is -0.477 e. The highest BCUT2D eigenvalue weighted by molar-refractivity contribution is 7.09. The Kier molecular flexibility index (Phi) is 3.93. The summed E-state index contributed by atoms with van der Waals surface area (Å²) in [6, 6.07) is 5.97. The van der Waals surface area contributed by atoms with Gasteiger partial charge >= 0.3 is 0 Å². The van der Waals surface area contributed by atoms with E-state index in [2.05, 4.69) is 26.7 Å². The first kappa shape index (κ1) is 11.9. The zero-order chi connectivity index (χ0) is 12.1. The van der Waals surface area contributed by atoms with Gasteiger partial charge in [0.15, 0.2) is 0 Å². The number of nitrogens with zero attached hydrogens (tertiary/aromatic N) is 2. The molecule has 0 bridgehead atoms. The largest absolute Gasteiger partial charge is 0.477 e. The molecule has 0 aromatic carbocycles. The Hall–Kier alpha value is -1.62. The van der Waals surface area contributed by atoms with E-state index in [1.165, 1.54) is 4.88 Å². The van der Waals surface area contributed by atoms with E-state index in [9.17, 15) is 0 Å². The summed E-state index contributed by atoms with van der Waals surface area (Å²) in [5.41, 5.74) is 0. The molecule has 0 fully saturated rings. The summed E-state index contributed by atoms with van der Waals surface area (Å²) < 4.78 is 5.62. The van der Waals surface area contributed by atoms with Crippen LogP contribution in [0.2, 0.25) is 0 Å². The van der Waals surface area contributed by atoms with Crippen molar-refractivity contribution in [2.45, 2.75) is 13.3 Å². The van der Waals surface area contributed by atoms with Crippen molar-refractivity contribution < 1.29 is 4.74 Å². The molecule has 0 aliphatic rings. The lowest BCUT2D eigenvalue weighted by Crippen LogP contribution is -2.04. The highest BCUT2D eigenvalue weighted by Gasteiger charge is 2.02. The van der Waals surface area contributed by atoms with Crippen LogP contribution in [-0.4, -0.2) is 23.6 Å². The molecule has 90 valence electrons. The second-order valence-corrected chi connectivity index (χ2v) is 4.60. The van der Waals surface area contributed by atoms with Gasteiger partial charge in [0.1, 0.15) is 11.6 Å². The Balaban J connectivity index is 1.92. The van der Waals surface area contributed by atoms with Crippen LogP contribution in [0.25, 0.3) is 0 Å². The van der Waals surface area contributed by atoms with E-state index in [4.69, 9.17) is 4.74 Å². The lowest BCUT2D eigenvalue weighted by Gasteiger charge is -2.07. The van der Waals surface area contributed by atoms with E-state index in [0.717, 1.165) is 12.2 Å². The van der Waals surface area contributed by atoms with E-state index in [-0.39, 0.29) is 0 Å². The summed E-state index contributed by atoms with van der Waals surface area (Å²) in [6.07, 6.45) is 0.912. The Morgan fingerprint density at radius 1 is 1.41 bits per heavy atom. The molecule has 2 rings (SSSR count). The molecule has 0 amide bonds. The van der Waals surface area contributed by atoms with Crippen LogP contribution < -0.4 is 10.1 Å². The van der Waals surface area contributed by atoms with Gasteiger partial charge in [0.2, 0.25) is 5.88 Å². The maximum Gasteiger partial charge on any atom is 0.218 e. The number of anilines is 1. The third kappa shape index (κ3) is 3.42. The van der Waals surface area contributed by atoms with Gasteiger partial charge < -0.3 is 10.1 Å². The highest BCUT2D eigenvalue weighted by atomic mass is 32.1. The first-order chi connectivity index (χ1) is 8.28. The Morgan fingerprint density at radius 2 is 2.29 bits per heavy atom. The molecule has 0 atom stereocenters. The molecule has 0 saturated carbocycles. The van der Waals surface area contributed by atoms with Crippen LogP contribution in [0.5, 0.6) is 5.88 Å². The summed E-state index contributed by atoms with van der Waals surface area (Å²) in [5.74, 6) is 2.12. The fourth-order valence-corrected chi connectivity index (χ4v) is 2.14. The first-order valence-corrected chi connectivity index (χ1v) is 6.34. The molecule has 2 heterocycles. The van der Waals surface area contributed by atoms with Gasteiger partial charge in [-0.3, -0.25) is 0 Å². The van der Waals surface area contributed by atoms with Crippen molar-refractivity contribution in [3.8, 4) is 5.88 Å². The molecular weight excluding hydrogens is 234 g/mol. The first-order valence-electron chi connectivity index (χ1n) is 5.46. The SMILES string of the molecule is CNc1cc(OCCc2cccs2)nc(C)n1. The zero-order valence-corrected chi connectivity index (χ0v) is 10.8. The molecule has 0 radical (unpaired) electrons. The molecule has 0 spiro atoms. The second kappa shape index (κ2) is 5.63. The summed E-state index contributed by atoms with van der Waals surface area (Å²) in [6.45, 7) is 2.49. The maximum absolute atomic E-state index is 5.62. The topological polar surface area (TPSA) is 47.0 Å². The van der Waals surface area contributed by atoms with Crippen LogP contribution in [0.15, 0.2) is 23.6 Å². The normalized spacial score (nSPS) is 10.2. The van der Waals surface area contributed by atoms with Crippen molar-refractivity contribution >= 4 is 17.2 Å². The van der Waals surface area contributed by atoms with Crippen molar-refractivity contribution in [2.24, 2.45) is 0 Å². The van der Waals surface area contributed by atoms with Gasteiger partial charge in [-0.05, 0) is 18.4 Å². The van der Waals surface area contributed by atoms with Gasteiger partial charge in [0.05, 0.1) is 6.61 Å². The zero-order valence-electron chi connectivity index (χ0n) is 9.93. The maximum atomic E-state index is 5.62. The smallest absolute Gasteiger partial charge is 0.218 e. The number of hydrogen-bond acceptors (Lipinski definition) is 5. The van der Waals surface area contributed by atoms with Crippen molar-refractivity contribution in [2.75, 3.05) is 19.0 Å². The van der Waals surface area contributed by atoms with E-state index in [1.807, 2.05) is 20.0 Å². The van der Waals surface area contributed by atoms with Crippen LogP contribution in [0, 0.1) is 6.92 Å². The predicted molar refractivity (Wildman–Crippen MR) is 69.8 cm³/mol. The van der Waals surface area contributed by atoms with Gasteiger partial charge in [-0.15, -0.1) is 11.3 Å². The molecular formula is C12H15N3OS. The summed E-state index contributed by atoms with van der Waals surface area (Å²) >= 11 is 1.74. The third-order valence-electron chi connectivity index (χ3n) is 2.25.